The summed E-state index contributed by atoms with van der Waals surface area (Å²) in [5.41, 5.74) is 1.43. The summed E-state index contributed by atoms with van der Waals surface area (Å²) >= 11 is 1.85. The largest absolute Gasteiger partial charge is 0.389 e. The Hall–Kier alpha value is -0.420. The lowest BCUT2D eigenvalue weighted by Crippen LogP contribution is -2.38. The van der Waals surface area contributed by atoms with Gasteiger partial charge in [-0.3, -0.25) is 4.90 Å². The molecule has 0 aliphatic carbocycles. The second-order valence-electron chi connectivity index (χ2n) is 4.89. The Morgan fingerprint density at radius 2 is 2.35 bits per heavy atom. The molecule has 0 radical (unpaired) electrons. The zero-order chi connectivity index (χ0) is 12.3. The molecular formula is C13H21NO2S. The molecule has 1 aromatic heterocycles. The molecule has 96 valence electrons. The van der Waals surface area contributed by atoms with Crippen LogP contribution in [0.2, 0.25) is 0 Å². The number of aliphatic hydroxyl groups is 1. The van der Waals surface area contributed by atoms with Gasteiger partial charge in [-0.25, -0.2) is 0 Å². The van der Waals surface area contributed by atoms with Gasteiger partial charge in [-0.1, -0.05) is 0 Å². The van der Waals surface area contributed by atoms with Crippen molar-refractivity contribution in [1.29, 1.82) is 0 Å². The van der Waals surface area contributed by atoms with Crippen LogP contribution in [0, 0.1) is 0 Å². The second-order valence-corrected chi connectivity index (χ2v) is 5.89. The van der Waals surface area contributed by atoms with E-state index in [0.29, 0.717) is 13.2 Å². The maximum absolute atomic E-state index is 9.88. The van der Waals surface area contributed by atoms with Crippen molar-refractivity contribution in [3.05, 3.63) is 21.9 Å². The smallest absolute Gasteiger partial charge is 0.0900 e. The average molecular weight is 255 g/mol. The Morgan fingerprint density at radius 1 is 1.53 bits per heavy atom. The zero-order valence-electron chi connectivity index (χ0n) is 10.6. The van der Waals surface area contributed by atoms with Gasteiger partial charge in [-0.2, -0.15) is 0 Å². The molecule has 1 unspecified atom stereocenters. The lowest BCUT2D eigenvalue weighted by Gasteiger charge is -2.28. The molecule has 1 aliphatic rings. The molecule has 0 saturated carbocycles. The fraction of sp³-hybridized carbons (Fsp3) is 0.692. The molecule has 0 saturated heterocycles. The molecule has 2 rings (SSSR count). The molecule has 0 aromatic carbocycles. The highest BCUT2D eigenvalue weighted by Crippen LogP contribution is 2.23. The van der Waals surface area contributed by atoms with E-state index in [0.717, 1.165) is 19.5 Å². The van der Waals surface area contributed by atoms with Gasteiger partial charge in [0.2, 0.25) is 0 Å². The highest BCUT2D eigenvalue weighted by molar-refractivity contribution is 7.10. The molecule has 1 N–H and O–H groups in total. The number of thiophene rings is 1. The van der Waals surface area contributed by atoms with E-state index < -0.39 is 0 Å². The normalized spacial score (nSPS) is 18.4. The van der Waals surface area contributed by atoms with Crippen molar-refractivity contribution >= 4 is 11.3 Å². The summed E-state index contributed by atoms with van der Waals surface area (Å²) in [6.45, 7) is 7.15. The van der Waals surface area contributed by atoms with Crippen LogP contribution in [0.15, 0.2) is 11.4 Å². The number of fused-ring (bicyclic) bond motifs is 1. The third kappa shape index (κ3) is 3.78. The first-order chi connectivity index (χ1) is 8.15. The standard InChI is InChI=1S/C13H21NO2S/c1-10(2)16-9-12(15)8-14-5-3-13-11(7-14)4-6-17-13/h4,6,10,12,15H,3,5,7-9H2,1-2H3. The first-order valence-corrected chi connectivity index (χ1v) is 7.10. The first-order valence-electron chi connectivity index (χ1n) is 6.22. The van der Waals surface area contributed by atoms with Crippen molar-refractivity contribution in [2.24, 2.45) is 0 Å². The molecule has 0 fully saturated rings. The van der Waals surface area contributed by atoms with E-state index in [9.17, 15) is 5.11 Å². The van der Waals surface area contributed by atoms with E-state index in [4.69, 9.17) is 4.74 Å². The van der Waals surface area contributed by atoms with Crippen molar-refractivity contribution in [3.8, 4) is 0 Å². The molecule has 0 spiro atoms. The van der Waals surface area contributed by atoms with Crippen LogP contribution in [0.1, 0.15) is 24.3 Å². The van der Waals surface area contributed by atoms with Gasteiger partial charge < -0.3 is 9.84 Å². The monoisotopic (exact) mass is 255 g/mol. The van der Waals surface area contributed by atoms with Crippen LogP contribution < -0.4 is 0 Å². The Labute approximate surface area is 107 Å². The highest BCUT2D eigenvalue weighted by Gasteiger charge is 2.19. The van der Waals surface area contributed by atoms with Gasteiger partial charge in [0.05, 0.1) is 18.8 Å². The van der Waals surface area contributed by atoms with Crippen LogP contribution >= 0.6 is 11.3 Å². The Morgan fingerprint density at radius 3 is 3.12 bits per heavy atom. The molecule has 17 heavy (non-hydrogen) atoms. The van der Waals surface area contributed by atoms with Crippen molar-refractivity contribution < 1.29 is 9.84 Å². The third-order valence-corrected chi connectivity index (χ3v) is 4.00. The number of rotatable bonds is 5. The summed E-state index contributed by atoms with van der Waals surface area (Å²) in [6.07, 6.45) is 0.928. The van der Waals surface area contributed by atoms with Gasteiger partial charge in [0.15, 0.2) is 0 Å². The molecular weight excluding hydrogens is 234 g/mol. The molecule has 1 atom stereocenters. The minimum Gasteiger partial charge on any atom is -0.389 e. The number of nitrogens with zero attached hydrogens (tertiary/aromatic N) is 1. The Balaban J connectivity index is 1.77. The predicted molar refractivity (Wildman–Crippen MR) is 70.4 cm³/mol. The first kappa shape index (κ1) is 13.0. The number of β-amino-alcohol motifs (C(OH)–C–C–N with tert-alkyl or cyclic N) is 1. The van der Waals surface area contributed by atoms with Crippen LogP contribution in [-0.2, 0) is 17.7 Å². The molecule has 2 heterocycles. The van der Waals surface area contributed by atoms with Gasteiger partial charge in [-0.15, -0.1) is 11.3 Å². The molecule has 1 aliphatic heterocycles. The molecule has 0 bridgehead atoms. The molecule has 3 nitrogen and oxygen atoms in total. The lowest BCUT2D eigenvalue weighted by molar-refractivity contribution is -0.0100. The number of ether oxygens (including phenoxy) is 1. The summed E-state index contributed by atoms with van der Waals surface area (Å²) in [5.74, 6) is 0. The quantitative estimate of drug-likeness (QED) is 0.872. The van der Waals surface area contributed by atoms with E-state index in [-0.39, 0.29) is 12.2 Å². The van der Waals surface area contributed by atoms with Crippen LogP contribution in [0.25, 0.3) is 0 Å². The highest BCUT2D eigenvalue weighted by atomic mass is 32.1. The minimum atomic E-state index is -0.377. The predicted octanol–water partition coefficient (Wildman–Crippen LogP) is 1.89. The number of hydrogen-bond acceptors (Lipinski definition) is 4. The van der Waals surface area contributed by atoms with Gasteiger partial charge in [0, 0.05) is 24.5 Å². The van der Waals surface area contributed by atoms with Crippen LogP contribution in [0.4, 0.5) is 0 Å². The summed E-state index contributed by atoms with van der Waals surface area (Å²) in [6, 6.07) is 2.20. The fourth-order valence-corrected chi connectivity index (χ4v) is 3.01. The van der Waals surface area contributed by atoms with Crippen LogP contribution in [0.5, 0.6) is 0 Å². The van der Waals surface area contributed by atoms with Gasteiger partial charge in [0.25, 0.3) is 0 Å². The Bertz CT molecular complexity index is 351. The summed E-state index contributed by atoms with van der Waals surface area (Å²) in [7, 11) is 0. The summed E-state index contributed by atoms with van der Waals surface area (Å²) in [5, 5.41) is 12.0. The van der Waals surface area contributed by atoms with Crippen molar-refractivity contribution in [1.82, 2.24) is 4.90 Å². The van der Waals surface area contributed by atoms with E-state index in [2.05, 4.69) is 16.3 Å². The molecule has 0 amide bonds. The number of aliphatic hydroxyl groups excluding tert-OH is 1. The Kier molecular flexibility index (Phi) is 4.56. The topological polar surface area (TPSA) is 32.7 Å². The van der Waals surface area contributed by atoms with Gasteiger partial charge in [-0.05, 0) is 37.3 Å². The third-order valence-electron chi connectivity index (χ3n) is 2.98. The summed E-state index contributed by atoms with van der Waals surface area (Å²) < 4.78 is 5.43. The molecule has 1 aromatic rings. The van der Waals surface area contributed by atoms with E-state index in [1.54, 1.807) is 0 Å². The van der Waals surface area contributed by atoms with Crippen molar-refractivity contribution in [2.45, 2.75) is 39.0 Å². The maximum atomic E-state index is 9.88. The maximum Gasteiger partial charge on any atom is 0.0900 e. The SMILES string of the molecule is CC(C)OCC(O)CN1CCc2sccc2C1. The lowest BCUT2D eigenvalue weighted by atomic mass is 10.1. The zero-order valence-corrected chi connectivity index (χ0v) is 11.4. The van der Waals surface area contributed by atoms with Gasteiger partial charge >= 0.3 is 0 Å². The minimum absolute atomic E-state index is 0.189. The van der Waals surface area contributed by atoms with Crippen LogP contribution in [-0.4, -0.2) is 41.9 Å². The number of hydrogen-bond donors (Lipinski definition) is 1. The van der Waals surface area contributed by atoms with E-state index in [1.807, 2.05) is 25.2 Å². The second kappa shape index (κ2) is 5.96. The summed E-state index contributed by atoms with van der Waals surface area (Å²) in [4.78, 5) is 3.82. The van der Waals surface area contributed by atoms with E-state index >= 15 is 0 Å². The van der Waals surface area contributed by atoms with Gasteiger partial charge in [0.1, 0.15) is 0 Å². The van der Waals surface area contributed by atoms with Crippen molar-refractivity contribution in [2.75, 3.05) is 19.7 Å². The van der Waals surface area contributed by atoms with Crippen molar-refractivity contribution in [3.63, 3.8) is 0 Å². The average Bonchev–Trinajstić information content (AvgIpc) is 2.73. The van der Waals surface area contributed by atoms with Crippen LogP contribution in [0.3, 0.4) is 0 Å². The fourth-order valence-electron chi connectivity index (χ4n) is 2.12. The molecule has 4 heteroatoms. The van der Waals surface area contributed by atoms with E-state index in [1.165, 1.54) is 10.4 Å².